The summed E-state index contributed by atoms with van der Waals surface area (Å²) in [4.78, 5) is 12.3. The third-order valence-corrected chi connectivity index (χ3v) is 17.9. The molecule has 0 aromatic carbocycles. The normalized spacial score (nSPS) is 24.7. The lowest BCUT2D eigenvalue weighted by Crippen LogP contribution is -2.42. The molecule has 0 aromatic rings. The van der Waals surface area contributed by atoms with Crippen LogP contribution in [-0.4, -0.2) is 23.3 Å². The summed E-state index contributed by atoms with van der Waals surface area (Å²) in [6, 6.07) is 0. The molecule has 0 saturated carbocycles. The SMILES string of the molecule is C=C(C)C(C)CCC(=C)C(C)CC/C(C)=C/CCC1OC2(CCC(C)(C)C(/C=C/C(C)=C/C=C/C(C)=C/C=C/C=C(C)/C=C/C=C(C)/C=C/C3=C(C)C(=O)CCC3(C)C)=C2C)OC1(C)CCC(C)C(=C)CCC(C)C(=C)C. The number of ether oxygens (including phenoxy) is 2. The summed E-state index contributed by atoms with van der Waals surface area (Å²) in [5.41, 5.74) is 15.5. The van der Waals surface area contributed by atoms with E-state index in [4.69, 9.17) is 9.47 Å². The third kappa shape index (κ3) is 21.2. The first-order valence-electron chi connectivity index (χ1n) is 29.7. The fourth-order valence-electron chi connectivity index (χ4n) is 10.8. The summed E-state index contributed by atoms with van der Waals surface area (Å²) in [5.74, 6) is 1.47. The Labute approximate surface area is 474 Å². The molecule has 0 bridgehead atoms. The predicted octanol–water partition coefficient (Wildman–Crippen LogP) is 21.9. The molecule has 1 spiro atoms. The molecule has 3 aliphatic rings. The van der Waals surface area contributed by atoms with E-state index in [1.807, 2.05) is 6.92 Å². The maximum absolute atomic E-state index is 12.3. The zero-order valence-corrected chi connectivity index (χ0v) is 52.5. The van der Waals surface area contributed by atoms with Gasteiger partial charge in [0.25, 0.3) is 0 Å². The Balaban J connectivity index is 1.75. The van der Waals surface area contributed by atoms with Crippen molar-refractivity contribution in [3.63, 3.8) is 0 Å². The lowest BCUT2D eigenvalue weighted by Gasteiger charge is -2.43. The molecule has 0 radical (unpaired) electrons. The topological polar surface area (TPSA) is 35.5 Å². The Hall–Kier alpha value is -4.57. The van der Waals surface area contributed by atoms with Crippen LogP contribution in [0.1, 0.15) is 215 Å². The highest BCUT2D eigenvalue weighted by Crippen LogP contribution is 2.55. The molecule has 1 fully saturated rings. The van der Waals surface area contributed by atoms with E-state index in [-0.39, 0.29) is 22.7 Å². The van der Waals surface area contributed by atoms with Crippen LogP contribution >= 0.6 is 0 Å². The molecule has 1 aliphatic heterocycles. The molecular weight excluding hydrogens is 937 g/mol. The Bertz CT molecular complexity index is 2480. The second-order valence-electron chi connectivity index (χ2n) is 25.9. The number of Topliss-reactive ketones (excluding diaryl/α,β-unsaturated/α-hetero) is 1. The average Bonchev–Trinajstić information content (AvgIpc) is 3.65. The van der Waals surface area contributed by atoms with Crippen molar-refractivity contribution >= 4 is 5.78 Å². The first-order chi connectivity index (χ1) is 35.9. The summed E-state index contributed by atoms with van der Waals surface area (Å²) < 4.78 is 14.8. The Morgan fingerprint density at radius 3 is 1.56 bits per heavy atom. The number of rotatable bonds is 29. The van der Waals surface area contributed by atoms with Crippen LogP contribution in [-0.2, 0) is 14.3 Å². The molecule has 1 saturated heterocycles. The van der Waals surface area contributed by atoms with Gasteiger partial charge in [-0.25, -0.2) is 0 Å². The number of carbonyl (C=O) groups is 1. The average molecular weight is 1050 g/mol. The number of carbonyl (C=O) groups excluding carboxylic acids is 1. The maximum atomic E-state index is 12.3. The van der Waals surface area contributed by atoms with Crippen molar-refractivity contribution in [2.75, 3.05) is 0 Å². The Morgan fingerprint density at radius 2 is 1.04 bits per heavy atom. The molecule has 3 nitrogen and oxygen atoms in total. The fraction of sp³-hybridized carbons (Fsp3) is 0.554. The molecular formula is C74H110O3. The van der Waals surface area contributed by atoms with Crippen molar-refractivity contribution in [1.29, 1.82) is 0 Å². The molecule has 0 N–H and O–H groups in total. The van der Waals surface area contributed by atoms with E-state index in [9.17, 15) is 4.79 Å². The van der Waals surface area contributed by atoms with Crippen LogP contribution in [0, 0.1) is 34.5 Å². The zero-order chi connectivity index (χ0) is 57.9. The summed E-state index contributed by atoms with van der Waals surface area (Å²) in [5, 5.41) is 0. The summed E-state index contributed by atoms with van der Waals surface area (Å²) in [6.45, 7) is 57.5. The van der Waals surface area contributed by atoms with E-state index in [2.05, 4.69) is 235 Å². The van der Waals surface area contributed by atoms with Gasteiger partial charge in [-0.05, 0) is 203 Å². The highest BCUT2D eigenvalue weighted by molar-refractivity contribution is 5.97. The molecule has 3 rings (SSSR count). The van der Waals surface area contributed by atoms with Gasteiger partial charge in [-0.1, -0.05) is 223 Å². The molecule has 77 heavy (non-hydrogen) atoms. The van der Waals surface area contributed by atoms with Crippen LogP contribution in [0.25, 0.3) is 0 Å². The lowest BCUT2D eigenvalue weighted by molar-refractivity contribution is -0.174. The molecule has 0 aromatic heterocycles. The molecule has 7 atom stereocenters. The Morgan fingerprint density at radius 1 is 0.584 bits per heavy atom. The minimum Gasteiger partial charge on any atom is -0.340 e. The van der Waals surface area contributed by atoms with Gasteiger partial charge >= 0.3 is 0 Å². The van der Waals surface area contributed by atoms with Gasteiger partial charge in [0.1, 0.15) is 0 Å². The van der Waals surface area contributed by atoms with Crippen LogP contribution in [0.3, 0.4) is 0 Å². The van der Waals surface area contributed by atoms with Crippen LogP contribution in [0.5, 0.6) is 0 Å². The van der Waals surface area contributed by atoms with Gasteiger partial charge in [0, 0.05) is 12.8 Å². The highest BCUT2D eigenvalue weighted by Gasteiger charge is 2.57. The first-order valence-corrected chi connectivity index (χ1v) is 29.7. The number of hydrogen-bond donors (Lipinski definition) is 0. The number of ketones is 1. The second-order valence-corrected chi connectivity index (χ2v) is 25.9. The summed E-state index contributed by atoms with van der Waals surface area (Å²) in [6.07, 6.45) is 46.3. The van der Waals surface area contributed by atoms with Gasteiger partial charge in [-0.2, -0.15) is 0 Å². The minimum atomic E-state index is -0.750. The fourth-order valence-corrected chi connectivity index (χ4v) is 10.8. The van der Waals surface area contributed by atoms with Crippen molar-refractivity contribution in [1.82, 2.24) is 0 Å². The van der Waals surface area contributed by atoms with Crippen molar-refractivity contribution in [2.24, 2.45) is 34.5 Å². The summed E-state index contributed by atoms with van der Waals surface area (Å²) >= 11 is 0. The number of hydrogen-bond acceptors (Lipinski definition) is 3. The van der Waals surface area contributed by atoms with Gasteiger partial charge in [-0.3, -0.25) is 4.79 Å². The molecule has 1 heterocycles. The maximum Gasteiger partial charge on any atom is 0.192 e. The van der Waals surface area contributed by atoms with Gasteiger partial charge in [0.2, 0.25) is 0 Å². The van der Waals surface area contributed by atoms with Gasteiger partial charge in [0.05, 0.1) is 11.7 Å². The van der Waals surface area contributed by atoms with Crippen molar-refractivity contribution in [3.8, 4) is 0 Å². The van der Waals surface area contributed by atoms with Crippen LogP contribution < -0.4 is 0 Å². The second kappa shape index (κ2) is 30.7. The smallest absolute Gasteiger partial charge is 0.192 e. The van der Waals surface area contributed by atoms with Crippen LogP contribution in [0.15, 0.2) is 190 Å². The zero-order valence-electron chi connectivity index (χ0n) is 52.5. The van der Waals surface area contributed by atoms with Crippen molar-refractivity contribution in [3.05, 3.63) is 190 Å². The molecule has 7 unspecified atom stereocenters. The van der Waals surface area contributed by atoms with Crippen molar-refractivity contribution in [2.45, 2.75) is 232 Å². The van der Waals surface area contributed by atoms with Gasteiger partial charge in [-0.15, -0.1) is 0 Å². The standard InChI is InChI=1S/C74H110O3/c1-52(2)59(10)40-42-62(13)61(12)39-36-56(7)34-27-35-70-73(22,49-46-64(15)63(14)43-41-60(11)53(3)4)77-74(76-70)51-50-72(20,21)68(66(74)17)45-38-58(9)33-26-31-55(6)29-24-23-28-54(5)30-25-32-57(8)37-44-67-65(16)69(75)47-48-71(67,18)19/h23-26,28-34,37-38,44-45,59-61,64,70H,1,3,13-14,27,35-36,39-43,46-51H2,2,4-12,15-22H3/b24-23+,30-25+,31-26+,44-37+,45-38+,54-28+,55-29+,56-34+,57-32+,58-33+. The molecule has 2 aliphatic carbocycles. The van der Waals surface area contributed by atoms with E-state index < -0.39 is 11.4 Å². The first kappa shape index (κ1) is 66.7. The van der Waals surface area contributed by atoms with Crippen molar-refractivity contribution < 1.29 is 14.3 Å². The largest absolute Gasteiger partial charge is 0.340 e. The molecule has 3 heteroatoms. The predicted molar refractivity (Wildman–Crippen MR) is 339 cm³/mol. The monoisotopic (exact) mass is 1050 g/mol. The van der Waals surface area contributed by atoms with E-state index in [0.29, 0.717) is 30.1 Å². The van der Waals surface area contributed by atoms with Gasteiger partial charge < -0.3 is 9.47 Å². The summed E-state index contributed by atoms with van der Waals surface area (Å²) in [7, 11) is 0. The van der Waals surface area contributed by atoms with E-state index in [0.717, 1.165) is 100 Å². The van der Waals surface area contributed by atoms with E-state index >= 15 is 0 Å². The van der Waals surface area contributed by atoms with Crippen LogP contribution in [0.4, 0.5) is 0 Å². The molecule has 424 valence electrons. The lowest BCUT2D eigenvalue weighted by atomic mass is 9.70. The third-order valence-electron chi connectivity index (χ3n) is 17.9. The number of allylic oxidation sites excluding steroid dienone is 27. The molecule has 0 amide bonds. The minimum absolute atomic E-state index is 0.0182. The Kier molecular flexibility index (Phi) is 26.6. The highest BCUT2D eigenvalue weighted by atomic mass is 16.8. The van der Waals surface area contributed by atoms with Crippen LogP contribution in [0.2, 0.25) is 0 Å². The quantitative estimate of drug-likeness (QED) is 0.0553. The van der Waals surface area contributed by atoms with Gasteiger partial charge in [0.15, 0.2) is 11.6 Å². The van der Waals surface area contributed by atoms with E-state index in [1.54, 1.807) is 0 Å². The van der Waals surface area contributed by atoms with E-state index in [1.165, 1.54) is 55.7 Å².